The topological polar surface area (TPSA) is 35.5 Å². The van der Waals surface area contributed by atoms with Crippen molar-refractivity contribution >= 4 is 17.9 Å². The fourth-order valence-electron chi connectivity index (χ4n) is 1.45. The summed E-state index contributed by atoms with van der Waals surface area (Å²) in [6.45, 7) is 0.768. The third kappa shape index (κ3) is 1.88. The minimum atomic E-state index is -0.830. The molecule has 0 unspecified atom stereocenters. The number of carbonyl (C=O) groups excluding carboxylic acids is 1. The molecule has 1 fully saturated rings. The van der Waals surface area contributed by atoms with Gasteiger partial charge in [-0.15, -0.1) is 0 Å². The molecule has 1 aromatic carbocycles. The van der Waals surface area contributed by atoms with E-state index in [1.54, 1.807) is 0 Å². The van der Waals surface area contributed by atoms with Crippen LogP contribution in [0.4, 0.5) is 4.39 Å². The van der Waals surface area contributed by atoms with Crippen LogP contribution in [0.5, 0.6) is 0 Å². The van der Waals surface area contributed by atoms with Gasteiger partial charge in [0.2, 0.25) is 0 Å². The lowest BCUT2D eigenvalue weighted by atomic mass is 10.1. The Morgan fingerprint density at radius 1 is 1.40 bits per heavy atom. The summed E-state index contributed by atoms with van der Waals surface area (Å²) in [6, 6.07) is 2.78. The summed E-state index contributed by atoms with van der Waals surface area (Å²) in [5.74, 6) is -0.659. The van der Waals surface area contributed by atoms with E-state index in [1.807, 2.05) is 0 Å². The number of halogens is 2. The zero-order valence-corrected chi connectivity index (χ0v) is 8.46. The number of benzene rings is 1. The Hall–Kier alpha value is -0.970. The number of hydrogen-bond donors (Lipinski definition) is 0. The van der Waals surface area contributed by atoms with Crippen molar-refractivity contribution in [2.24, 2.45) is 0 Å². The molecule has 0 bridgehead atoms. The van der Waals surface area contributed by atoms with Gasteiger partial charge in [-0.25, -0.2) is 4.39 Å². The smallest absolute Gasteiger partial charge is 0.187 e. The molecule has 3 nitrogen and oxygen atoms in total. The fourth-order valence-corrected chi connectivity index (χ4v) is 1.61. The molecule has 15 heavy (non-hydrogen) atoms. The highest BCUT2D eigenvalue weighted by Gasteiger charge is 2.26. The largest absolute Gasteiger partial charge is 0.346 e. The first-order valence-corrected chi connectivity index (χ1v) is 4.78. The molecular weight excluding hydrogens is 223 g/mol. The number of hydrogen-bond acceptors (Lipinski definition) is 3. The standard InChI is InChI=1S/C10H8ClFO3/c11-7-2-1-6(5-13)8(9(7)12)10-14-3-4-15-10/h1-2,5,10H,3-4H2. The van der Waals surface area contributed by atoms with Gasteiger partial charge in [0.1, 0.15) is 0 Å². The minimum Gasteiger partial charge on any atom is -0.346 e. The Morgan fingerprint density at radius 2 is 2.07 bits per heavy atom. The van der Waals surface area contributed by atoms with Gasteiger partial charge in [-0.05, 0) is 12.1 Å². The Bertz CT molecular complexity index is 388. The molecule has 0 aliphatic carbocycles. The third-order valence-electron chi connectivity index (χ3n) is 2.15. The summed E-state index contributed by atoms with van der Waals surface area (Å²) in [5, 5.41) is -0.0466. The lowest BCUT2D eigenvalue weighted by Crippen LogP contribution is -2.06. The summed E-state index contributed by atoms with van der Waals surface area (Å²) in [6.07, 6.45) is -0.274. The van der Waals surface area contributed by atoms with Crippen LogP contribution in [0.1, 0.15) is 22.2 Å². The summed E-state index contributed by atoms with van der Waals surface area (Å²) in [7, 11) is 0. The SMILES string of the molecule is O=Cc1ccc(Cl)c(F)c1C1OCCO1. The molecule has 5 heteroatoms. The van der Waals surface area contributed by atoms with Crippen molar-refractivity contribution in [1.29, 1.82) is 0 Å². The van der Waals surface area contributed by atoms with Crippen LogP contribution in [-0.4, -0.2) is 19.5 Å². The molecule has 1 aromatic rings. The second kappa shape index (κ2) is 4.26. The second-order valence-corrected chi connectivity index (χ2v) is 3.46. The first-order valence-electron chi connectivity index (χ1n) is 4.40. The van der Waals surface area contributed by atoms with E-state index in [0.29, 0.717) is 19.5 Å². The first kappa shape index (κ1) is 10.5. The van der Waals surface area contributed by atoms with E-state index < -0.39 is 12.1 Å². The van der Waals surface area contributed by atoms with Gasteiger partial charge in [-0.2, -0.15) is 0 Å². The lowest BCUT2D eigenvalue weighted by molar-refractivity contribution is -0.0467. The molecule has 2 rings (SSSR count). The molecule has 0 N–H and O–H groups in total. The van der Waals surface area contributed by atoms with E-state index >= 15 is 0 Å². The fraction of sp³-hybridized carbons (Fsp3) is 0.300. The van der Waals surface area contributed by atoms with Crippen molar-refractivity contribution in [3.8, 4) is 0 Å². The molecule has 1 saturated heterocycles. The summed E-state index contributed by atoms with van der Waals surface area (Å²) in [5.41, 5.74) is 0.277. The predicted molar refractivity (Wildman–Crippen MR) is 51.4 cm³/mol. The third-order valence-corrected chi connectivity index (χ3v) is 2.44. The van der Waals surface area contributed by atoms with Crippen LogP contribution < -0.4 is 0 Å². The number of aldehydes is 1. The quantitative estimate of drug-likeness (QED) is 0.732. The predicted octanol–water partition coefficient (Wildman–Crippen LogP) is 2.34. The van der Waals surface area contributed by atoms with Gasteiger partial charge in [0, 0.05) is 5.56 Å². The average molecular weight is 231 g/mol. The maximum atomic E-state index is 13.7. The van der Waals surface area contributed by atoms with Gasteiger partial charge in [0.05, 0.1) is 23.8 Å². The van der Waals surface area contributed by atoms with E-state index in [1.165, 1.54) is 12.1 Å². The molecule has 0 amide bonds. The minimum absolute atomic E-state index is 0.0466. The van der Waals surface area contributed by atoms with Crippen molar-refractivity contribution in [2.45, 2.75) is 6.29 Å². The van der Waals surface area contributed by atoms with Gasteiger partial charge in [0.15, 0.2) is 18.4 Å². The maximum absolute atomic E-state index is 13.7. The van der Waals surface area contributed by atoms with Crippen molar-refractivity contribution in [3.05, 3.63) is 34.1 Å². The highest BCUT2D eigenvalue weighted by molar-refractivity contribution is 6.30. The average Bonchev–Trinajstić information content (AvgIpc) is 2.75. The zero-order valence-electron chi connectivity index (χ0n) is 7.70. The van der Waals surface area contributed by atoms with Crippen LogP contribution in [0, 0.1) is 5.82 Å². The Labute approximate surface area is 90.7 Å². The Kier molecular flexibility index (Phi) is 3.00. The van der Waals surface area contributed by atoms with Gasteiger partial charge in [-0.3, -0.25) is 4.79 Å². The monoisotopic (exact) mass is 230 g/mol. The molecule has 0 atom stereocenters. The second-order valence-electron chi connectivity index (χ2n) is 3.06. The van der Waals surface area contributed by atoms with Gasteiger partial charge in [-0.1, -0.05) is 11.6 Å². The number of carbonyl (C=O) groups is 1. The van der Waals surface area contributed by atoms with E-state index in [9.17, 15) is 9.18 Å². The number of rotatable bonds is 2. The maximum Gasteiger partial charge on any atom is 0.187 e. The van der Waals surface area contributed by atoms with Crippen molar-refractivity contribution in [2.75, 3.05) is 13.2 Å². The van der Waals surface area contributed by atoms with Crippen LogP contribution in [0.15, 0.2) is 12.1 Å². The first-order chi connectivity index (χ1) is 7.24. The van der Waals surface area contributed by atoms with Crippen molar-refractivity contribution in [1.82, 2.24) is 0 Å². The summed E-state index contributed by atoms with van der Waals surface area (Å²) >= 11 is 5.62. The normalized spacial score (nSPS) is 16.9. The lowest BCUT2D eigenvalue weighted by Gasteiger charge is -2.13. The van der Waals surface area contributed by atoms with Crippen LogP contribution in [0.3, 0.4) is 0 Å². The molecule has 0 spiro atoms. The Morgan fingerprint density at radius 3 is 2.67 bits per heavy atom. The van der Waals surface area contributed by atoms with Crippen LogP contribution in [-0.2, 0) is 9.47 Å². The van der Waals surface area contributed by atoms with Gasteiger partial charge < -0.3 is 9.47 Å². The van der Waals surface area contributed by atoms with E-state index in [2.05, 4.69) is 0 Å². The van der Waals surface area contributed by atoms with Crippen molar-refractivity contribution in [3.63, 3.8) is 0 Å². The summed E-state index contributed by atoms with van der Waals surface area (Å²) < 4.78 is 23.9. The van der Waals surface area contributed by atoms with Gasteiger partial charge >= 0.3 is 0 Å². The molecule has 0 radical (unpaired) electrons. The highest BCUT2D eigenvalue weighted by Crippen LogP contribution is 2.31. The highest BCUT2D eigenvalue weighted by atomic mass is 35.5. The molecule has 1 aliphatic heterocycles. The molecule has 80 valence electrons. The molecular formula is C10H8ClFO3. The van der Waals surface area contributed by atoms with E-state index in [4.69, 9.17) is 21.1 Å². The molecule has 1 aliphatic rings. The summed E-state index contributed by atoms with van der Waals surface area (Å²) in [4.78, 5) is 10.7. The van der Waals surface area contributed by atoms with Crippen LogP contribution in [0.25, 0.3) is 0 Å². The van der Waals surface area contributed by atoms with Crippen LogP contribution in [0.2, 0.25) is 5.02 Å². The zero-order chi connectivity index (χ0) is 10.8. The van der Waals surface area contributed by atoms with E-state index in [-0.39, 0.29) is 16.1 Å². The molecule has 0 saturated carbocycles. The van der Waals surface area contributed by atoms with Crippen LogP contribution >= 0.6 is 11.6 Å². The molecule has 0 aromatic heterocycles. The van der Waals surface area contributed by atoms with Gasteiger partial charge in [0.25, 0.3) is 0 Å². The molecule has 1 heterocycles. The van der Waals surface area contributed by atoms with E-state index in [0.717, 1.165) is 0 Å². The Balaban J connectivity index is 2.50. The van der Waals surface area contributed by atoms with Crippen molar-refractivity contribution < 1.29 is 18.7 Å². The number of ether oxygens (including phenoxy) is 2.